The number of rotatable bonds is 4. The Morgan fingerprint density at radius 3 is 2.19 bits per heavy atom. The molecule has 0 aliphatic heterocycles. The summed E-state index contributed by atoms with van der Waals surface area (Å²) in [6.45, 7) is 19.0. The second-order valence-electron chi connectivity index (χ2n) is 14.4. The van der Waals surface area contributed by atoms with Gasteiger partial charge in [0.1, 0.15) is 0 Å². The molecule has 9 atom stereocenters. The van der Waals surface area contributed by atoms with Gasteiger partial charge in [0, 0.05) is 0 Å². The normalized spacial score (nSPS) is 49.4. The van der Waals surface area contributed by atoms with Crippen molar-refractivity contribution in [2.45, 2.75) is 131 Å². The fourth-order valence-corrected chi connectivity index (χ4v) is 10.3. The van der Waals surface area contributed by atoms with E-state index in [0.717, 1.165) is 25.2 Å². The predicted molar refractivity (Wildman–Crippen MR) is 134 cm³/mol. The zero-order chi connectivity index (χ0) is 23.7. The summed E-state index contributed by atoms with van der Waals surface area (Å²) in [6.07, 6.45) is 13.8. The highest BCUT2D eigenvalue weighted by Gasteiger charge is 2.69. The topological polar surface area (TPSA) is 40.5 Å². The second kappa shape index (κ2) is 7.84. The van der Waals surface area contributed by atoms with E-state index < -0.39 is 5.60 Å². The molecule has 32 heavy (non-hydrogen) atoms. The van der Waals surface area contributed by atoms with Gasteiger partial charge in [0.15, 0.2) is 0 Å². The van der Waals surface area contributed by atoms with E-state index >= 15 is 0 Å². The van der Waals surface area contributed by atoms with Crippen LogP contribution in [0, 0.1) is 45.3 Å². The summed E-state index contributed by atoms with van der Waals surface area (Å²) in [4.78, 5) is 0. The summed E-state index contributed by atoms with van der Waals surface area (Å²) in [5.74, 6) is 2.45. The van der Waals surface area contributed by atoms with Gasteiger partial charge in [0.05, 0.1) is 11.7 Å². The molecule has 4 aliphatic rings. The van der Waals surface area contributed by atoms with Crippen LogP contribution < -0.4 is 0 Å². The number of aliphatic hydroxyl groups is 2. The molecule has 0 aromatic rings. The number of fused-ring (bicyclic) bond motifs is 5. The lowest BCUT2D eigenvalue weighted by molar-refractivity contribution is -0.225. The van der Waals surface area contributed by atoms with E-state index in [1.807, 2.05) is 0 Å². The molecule has 2 N–H and O–H groups in total. The molecule has 0 radical (unpaired) electrons. The molecule has 4 fully saturated rings. The monoisotopic (exact) mass is 444 g/mol. The van der Waals surface area contributed by atoms with Crippen LogP contribution in [0.25, 0.3) is 0 Å². The van der Waals surface area contributed by atoms with Crippen molar-refractivity contribution in [3.05, 3.63) is 11.6 Å². The first-order valence-corrected chi connectivity index (χ1v) is 13.7. The Morgan fingerprint density at radius 1 is 0.875 bits per heavy atom. The summed E-state index contributed by atoms with van der Waals surface area (Å²) in [6, 6.07) is 0. The third kappa shape index (κ3) is 3.40. The molecule has 0 saturated heterocycles. The molecular weight excluding hydrogens is 392 g/mol. The van der Waals surface area contributed by atoms with E-state index in [9.17, 15) is 10.2 Å². The number of hydrogen-bond acceptors (Lipinski definition) is 2. The van der Waals surface area contributed by atoms with E-state index in [1.54, 1.807) is 0 Å². The van der Waals surface area contributed by atoms with Crippen LogP contribution >= 0.6 is 0 Å². The number of allylic oxidation sites excluding steroid dienone is 2. The van der Waals surface area contributed by atoms with Crippen LogP contribution in [0.1, 0.15) is 120 Å². The molecule has 0 aromatic heterocycles. The fraction of sp³-hybridized carbons (Fsp3) is 0.933. The summed E-state index contributed by atoms with van der Waals surface area (Å²) < 4.78 is 0. The van der Waals surface area contributed by atoms with Gasteiger partial charge < -0.3 is 10.2 Å². The first-order chi connectivity index (χ1) is 14.7. The van der Waals surface area contributed by atoms with Gasteiger partial charge in [-0.1, -0.05) is 46.3 Å². The minimum atomic E-state index is -0.560. The van der Waals surface area contributed by atoms with E-state index in [-0.39, 0.29) is 11.5 Å². The van der Waals surface area contributed by atoms with Crippen LogP contribution in [0.3, 0.4) is 0 Å². The molecule has 4 rings (SSSR count). The Morgan fingerprint density at radius 2 is 1.53 bits per heavy atom. The average molecular weight is 445 g/mol. The van der Waals surface area contributed by atoms with Crippen molar-refractivity contribution in [2.24, 2.45) is 45.3 Å². The van der Waals surface area contributed by atoms with Gasteiger partial charge in [0.2, 0.25) is 0 Å². The van der Waals surface area contributed by atoms with E-state index in [1.165, 1.54) is 50.5 Å². The molecule has 0 heterocycles. The van der Waals surface area contributed by atoms with Crippen LogP contribution in [0.2, 0.25) is 0 Å². The third-order valence-electron chi connectivity index (χ3n) is 12.4. The SMILES string of the molecule is CC(C)=CCC[C@](C)(O)[C@H]1CC[C@@]2(C)[C@H]1CC[C@@H]1[C@@]3(C)CC[C@@H](O)C(C)(C)C3CC[C@]12C. The number of hydrogen-bond donors (Lipinski definition) is 2. The van der Waals surface area contributed by atoms with Crippen molar-refractivity contribution in [1.29, 1.82) is 0 Å². The molecule has 184 valence electrons. The van der Waals surface area contributed by atoms with Crippen molar-refractivity contribution >= 4 is 0 Å². The van der Waals surface area contributed by atoms with Gasteiger partial charge in [-0.3, -0.25) is 0 Å². The second-order valence-corrected chi connectivity index (χ2v) is 14.4. The van der Waals surface area contributed by atoms with Crippen LogP contribution in [0.15, 0.2) is 11.6 Å². The molecule has 0 spiro atoms. The van der Waals surface area contributed by atoms with Crippen LogP contribution in [-0.2, 0) is 0 Å². The van der Waals surface area contributed by atoms with Crippen LogP contribution in [-0.4, -0.2) is 21.9 Å². The van der Waals surface area contributed by atoms with E-state index in [0.29, 0.717) is 34.0 Å². The van der Waals surface area contributed by atoms with Gasteiger partial charge in [-0.2, -0.15) is 0 Å². The minimum Gasteiger partial charge on any atom is -0.393 e. The molecule has 1 unspecified atom stereocenters. The van der Waals surface area contributed by atoms with Crippen molar-refractivity contribution in [3.8, 4) is 0 Å². The standard InChI is InChI=1S/C30H52O2/c1-20(2)10-9-16-30(8,32)22-13-18-28(6)21(22)11-12-24-27(5)17-15-25(31)26(3,4)23(27)14-19-29(24,28)7/h10,21-25,31-32H,9,11-19H2,1-8H3/t21-,22-,23?,24+,25+,27-,28-,29+,30-/m0/s1. The maximum Gasteiger partial charge on any atom is 0.0653 e. The summed E-state index contributed by atoms with van der Waals surface area (Å²) in [7, 11) is 0. The van der Waals surface area contributed by atoms with Crippen LogP contribution in [0.4, 0.5) is 0 Å². The smallest absolute Gasteiger partial charge is 0.0653 e. The lowest BCUT2D eigenvalue weighted by Crippen LogP contribution is -2.64. The summed E-state index contributed by atoms with van der Waals surface area (Å²) in [5.41, 5.74) is 1.84. The Bertz CT molecular complexity index is 746. The van der Waals surface area contributed by atoms with Crippen molar-refractivity contribution in [3.63, 3.8) is 0 Å². The summed E-state index contributed by atoms with van der Waals surface area (Å²) in [5, 5.41) is 22.5. The molecule has 4 saturated carbocycles. The van der Waals surface area contributed by atoms with Gasteiger partial charge in [-0.25, -0.2) is 0 Å². The van der Waals surface area contributed by atoms with Gasteiger partial charge in [-0.15, -0.1) is 0 Å². The highest BCUT2D eigenvalue weighted by molar-refractivity contribution is 5.18. The molecule has 0 amide bonds. The minimum absolute atomic E-state index is 0.0267. The largest absolute Gasteiger partial charge is 0.393 e. The highest BCUT2D eigenvalue weighted by atomic mass is 16.3. The average Bonchev–Trinajstić information content (AvgIpc) is 3.04. The first-order valence-electron chi connectivity index (χ1n) is 13.7. The van der Waals surface area contributed by atoms with Gasteiger partial charge in [-0.05, 0) is 130 Å². The van der Waals surface area contributed by atoms with Crippen molar-refractivity contribution < 1.29 is 10.2 Å². The Balaban J connectivity index is 1.61. The molecule has 4 aliphatic carbocycles. The van der Waals surface area contributed by atoms with E-state index in [4.69, 9.17) is 0 Å². The highest BCUT2D eigenvalue weighted by Crippen LogP contribution is 2.75. The molecular formula is C30H52O2. The Labute approximate surface area is 198 Å². The quantitative estimate of drug-likeness (QED) is 0.440. The molecule has 0 aromatic carbocycles. The molecule has 0 bridgehead atoms. The maximum atomic E-state index is 11.6. The van der Waals surface area contributed by atoms with E-state index in [2.05, 4.69) is 61.5 Å². The van der Waals surface area contributed by atoms with Crippen molar-refractivity contribution in [2.75, 3.05) is 0 Å². The summed E-state index contributed by atoms with van der Waals surface area (Å²) >= 11 is 0. The lowest BCUT2D eigenvalue weighted by atomic mass is 9.35. The predicted octanol–water partition coefficient (Wildman–Crippen LogP) is 7.53. The zero-order valence-corrected chi connectivity index (χ0v) is 22.4. The first kappa shape index (κ1) is 24.8. The Hall–Kier alpha value is -0.340. The Kier molecular flexibility index (Phi) is 6.07. The third-order valence-corrected chi connectivity index (χ3v) is 12.4. The van der Waals surface area contributed by atoms with Crippen LogP contribution in [0.5, 0.6) is 0 Å². The van der Waals surface area contributed by atoms with Gasteiger partial charge in [0.25, 0.3) is 0 Å². The zero-order valence-electron chi connectivity index (χ0n) is 22.4. The molecule has 2 nitrogen and oxygen atoms in total. The lowest BCUT2D eigenvalue weighted by Gasteiger charge is -2.70. The van der Waals surface area contributed by atoms with Gasteiger partial charge >= 0.3 is 0 Å². The maximum absolute atomic E-state index is 11.6. The van der Waals surface area contributed by atoms with Crippen molar-refractivity contribution in [1.82, 2.24) is 0 Å². The fourth-order valence-electron chi connectivity index (χ4n) is 10.3. The number of aliphatic hydroxyl groups excluding tert-OH is 1. The molecule has 2 heteroatoms.